The summed E-state index contributed by atoms with van der Waals surface area (Å²) in [6.07, 6.45) is 2.27. The molecule has 1 aromatic carbocycles. The van der Waals surface area contributed by atoms with Gasteiger partial charge in [0.1, 0.15) is 11.9 Å². The first-order valence-corrected chi connectivity index (χ1v) is 9.96. The fraction of sp³-hybridized carbons (Fsp3) is 0.318. The highest BCUT2D eigenvalue weighted by Gasteiger charge is 2.44. The van der Waals surface area contributed by atoms with Gasteiger partial charge >= 0.3 is 0 Å². The van der Waals surface area contributed by atoms with Crippen molar-refractivity contribution in [2.24, 2.45) is 5.92 Å². The van der Waals surface area contributed by atoms with E-state index in [1.54, 1.807) is 24.3 Å². The van der Waals surface area contributed by atoms with Crippen molar-refractivity contribution in [2.75, 3.05) is 24.5 Å². The van der Waals surface area contributed by atoms with Crippen LogP contribution in [0.25, 0.3) is 10.9 Å². The van der Waals surface area contributed by atoms with E-state index < -0.39 is 0 Å². The summed E-state index contributed by atoms with van der Waals surface area (Å²) >= 11 is 0. The van der Waals surface area contributed by atoms with Crippen LogP contribution in [0.2, 0.25) is 0 Å². The zero-order chi connectivity index (χ0) is 20.8. The summed E-state index contributed by atoms with van der Waals surface area (Å²) in [7, 11) is 0. The van der Waals surface area contributed by atoms with Crippen LogP contribution in [0.1, 0.15) is 28.0 Å². The fourth-order valence-electron chi connectivity index (χ4n) is 4.63. The number of carbonyl (C=O) groups is 1. The van der Waals surface area contributed by atoms with Crippen molar-refractivity contribution in [2.45, 2.75) is 19.4 Å². The van der Waals surface area contributed by atoms with E-state index in [1.165, 1.54) is 6.33 Å². The molecule has 8 heteroatoms. The lowest BCUT2D eigenvalue weighted by Gasteiger charge is -2.26. The molecule has 0 aliphatic carbocycles. The number of hydrogen-bond donors (Lipinski definition) is 1. The predicted octanol–water partition coefficient (Wildman–Crippen LogP) is 1.85. The number of hydrogen-bond acceptors (Lipinski definition) is 6. The molecule has 2 aromatic heterocycles. The lowest BCUT2D eigenvalue weighted by molar-refractivity contribution is 0.0738. The number of nitrogens with one attached hydrogen (secondary N) is 1. The number of nitriles is 1. The minimum Gasteiger partial charge on any atom is -0.353 e. The summed E-state index contributed by atoms with van der Waals surface area (Å²) in [6, 6.07) is 11.0. The molecule has 1 amide bonds. The molecule has 2 atom stereocenters. The van der Waals surface area contributed by atoms with Crippen LogP contribution in [0.4, 0.5) is 5.82 Å². The van der Waals surface area contributed by atoms with E-state index in [-0.39, 0.29) is 17.5 Å². The molecule has 2 aliphatic rings. The van der Waals surface area contributed by atoms with Crippen LogP contribution < -0.4 is 10.5 Å². The molecule has 150 valence electrons. The minimum atomic E-state index is -0.217. The molecule has 0 unspecified atom stereocenters. The first-order chi connectivity index (χ1) is 14.5. The summed E-state index contributed by atoms with van der Waals surface area (Å²) < 4.78 is 0. The Hall–Kier alpha value is -3.73. The SMILES string of the molecule is Cc1ccc(C#N)c(N2C[C@@H]3CCN(C(=O)c4ccc5c(=O)[nH]cnc5c4)[C@@H]3C2)n1. The highest BCUT2D eigenvalue weighted by molar-refractivity contribution is 5.98. The molecule has 4 heterocycles. The Morgan fingerprint density at radius 3 is 2.97 bits per heavy atom. The summed E-state index contributed by atoms with van der Waals surface area (Å²) in [4.78, 5) is 40.5. The van der Waals surface area contributed by atoms with Crippen molar-refractivity contribution < 1.29 is 4.79 Å². The summed E-state index contributed by atoms with van der Waals surface area (Å²) in [5.74, 6) is 1.00. The minimum absolute atomic E-state index is 0.0500. The van der Waals surface area contributed by atoms with Gasteiger partial charge in [0.2, 0.25) is 0 Å². The Balaban J connectivity index is 1.41. The second-order valence-corrected chi connectivity index (χ2v) is 7.92. The number of pyridine rings is 1. The third-order valence-corrected chi connectivity index (χ3v) is 6.13. The molecule has 8 nitrogen and oxygen atoms in total. The molecule has 2 aliphatic heterocycles. The van der Waals surface area contributed by atoms with E-state index in [0.717, 1.165) is 18.7 Å². The number of aromatic nitrogens is 3. The normalized spacial score (nSPS) is 20.4. The van der Waals surface area contributed by atoms with E-state index in [0.29, 0.717) is 46.9 Å². The van der Waals surface area contributed by atoms with Crippen LogP contribution in [-0.4, -0.2) is 51.4 Å². The standard InChI is InChI=1S/C22H20N6O2/c1-13-2-3-15(9-23)20(26-13)27-10-16-6-7-28(19(16)11-27)22(30)14-4-5-17-18(8-14)24-12-25-21(17)29/h2-5,8,12,16,19H,6-7,10-11H2,1H3,(H,24,25,29)/t16-,19+/m0/s1. The van der Waals surface area contributed by atoms with Crippen LogP contribution in [0.15, 0.2) is 41.5 Å². The van der Waals surface area contributed by atoms with E-state index >= 15 is 0 Å². The fourth-order valence-corrected chi connectivity index (χ4v) is 4.63. The highest BCUT2D eigenvalue weighted by Crippen LogP contribution is 2.35. The van der Waals surface area contributed by atoms with E-state index in [4.69, 9.17) is 0 Å². The zero-order valence-electron chi connectivity index (χ0n) is 16.5. The number of H-pyrrole nitrogens is 1. The Morgan fingerprint density at radius 1 is 1.27 bits per heavy atom. The number of fused-ring (bicyclic) bond motifs is 2. The quantitative estimate of drug-likeness (QED) is 0.704. The Bertz CT molecular complexity index is 1260. The van der Waals surface area contributed by atoms with Gasteiger partial charge in [0.05, 0.1) is 28.8 Å². The van der Waals surface area contributed by atoms with Gasteiger partial charge in [-0.15, -0.1) is 0 Å². The van der Waals surface area contributed by atoms with Crippen molar-refractivity contribution in [3.8, 4) is 6.07 Å². The van der Waals surface area contributed by atoms with Gasteiger partial charge in [-0.2, -0.15) is 5.26 Å². The molecule has 0 bridgehead atoms. The average Bonchev–Trinajstić information content (AvgIpc) is 3.34. The molecule has 3 aromatic rings. The molecule has 1 N–H and O–H groups in total. The van der Waals surface area contributed by atoms with E-state index in [9.17, 15) is 14.9 Å². The van der Waals surface area contributed by atoms with Gasteiger partial charge in [-0.25, -0.2) is 9.97 Å². The van der Waals surface area contributed by atoms with Gasteiger partial charge in [0, 0.05) is 36.8 Å². The van der Waals surface area contributed by atoms with Gasteiger partial charge in [-0.05, 0) is 43.7 Å². The topological polar surface area (TPSA) is 106 Å². The highest BCUT2D eigenvalue weighted by atomic mass is 16.2. The van der Waals surface area contributed by atoms with Crippen LogP contribution >= 0.6 is 0 Å². The van der Waals surface area contributed by atoms with Crippen molar-refractivity contribution >= 4 is 22.6 Å². The van der Waals surface area contributed by atoms with Crippen molar-refractivity contribution in [1.29, 1.82) is 5.26 Å². The molecule has 2 fully saturated rings. The number of aryl methyl sites for hydroxylation is 1. The molecule has 0 radical (unpaired) electrons. The van der Waals surface area contributed by atoms with Gasteiger partial charge < -0.3 is 14.8 Å². The third kappa shape index (κ3) is 2.90. The largest absolute Gasteiger partial charge is 0.353 e. The third-order valence-electron chi connectivity index (χ3n) is 6.13. The maximum absolute atomic E-state index is 13.3. The monoisotopic (exact) mass is 400 g/mol. The molecule has 2 saturated heterocycles. The number of aromatic amines is 1. The van der Waals surface area contributed by atoms with Crippen LogP contribution in [0.3, 0.4) is 0 Å². The smallest absolute Gasteiger partial charge is 0.258 e. The van der Waals surface area contributed by atoms with Crippen LogP contribution in [-0.2, 0) is 0 Å². The summed E-state index contributed by atoms with van der Waals surface area (Å²) in [6.45, 7) is 4.06. The lowest BCUT2D eigenvalue weighted by Crippen LogP contribution is -2.40. The Kier molecular flexibility index (Phi) is 4.24. The number of amides is 1. The first kappa shape index (κ1) is 18.3. The van der Waals surface area contributed by atoms with Gasteiger partial charge in [0.25, 0.3) is 11.5 Å². The van der Waals surface area contributed by atoms with E-state index in [2.05, 4.69) is 25.9 Å². The molecular formula is C22H20N6O2. The number of anilines is 1. The number of benzene rings is 1. The van der Waals surface area contributed by atoms with Gasteiger partial charge in [-0.1, -0.05) is 0 Å². The number of rotatable bonds is 2. The number of nitrogens with zero attached hydrogens (tertiary/aromatic N) is 5. The first-order valence-electron chi connectivity index (χ1n) is 9.96. The molecule has 0 spiro atoms. The van der Waals surface area contributed by atoms with Crippen molar-refractivity contribution in [1.82, 2.24) is 19.9 Å². The van der Waals surface area contributed by atoms with Crippen LogP contribution in [0, 0.1) is 24.2 Å². The van der Waals surface area contributed by atoms with Crippen molar-refractivity contribution in [3.05, 3.63) is 63.8 Å². The number of likely N-dealkylation sites (tertiary alicyclic amines) is 1. The zero-order valence-corrected chi connectivity index (χ0v) is 16.5. The van der Waals surface area contributed by atoms with Crippen LogP contribution in [0.5, 0.6) is 0 Å². The maximum Gasteiger partial charge on any atom is 0.258 e. The number of carbonyl (C=O) groups excluding carboxylic acids is 1. The lowest BCUT2D eigenvalue weighted by atomic mass is 10.0. The van der Waals surface area contributed by atoms with E-state index in [1.807, 2.05) is 17.9 Å². The Morgan fingerprint density at radius 2 is 2.13 bits per heavy atom. The maximum atomic E-state index is 13.3. The van der Waals surface area contributed by atoms with Gasteiger partial charge in [0.15, 0.2) is 0 Å². The second-order valence-electron chi connectivity index (χ2n) is 7.92. The second kappa shape index (κ2) is 6.95. The summed E-state index contributed by atoms with van der Waals surface area (Å²) in [5, 5.41) is 9.92. The van der Waals surface area contributed by atoms with Crippen molar-refractivity contribution in [3.63, 3.8) is 0 Å². The average molecular weight is 400 g/mol. The predicted molar refractivity (Wildman–Crippen MR) is 111 cm³/mol. The summed E-state index contributed by atoms with van der Waals surface area (Å²) in [5.41, 5.74) is 2.25. The molecular weight excluding hydrogens is 380 g/mol. The molecule has 5 rings (SSSR count). The molecule has 0 saturated carbocycles. The Labute approximate surface area is 172 Å². The van der Waals surface area contributed by atoms with Gasteiger partial charge in [-0.3, -0.25) is 9.59 Å². The molecule has 30 heavy (non-hydrogen) atoms.